The largest absolute Gasteiger partial charge is 0.465 e. The van der Waals surface area contributed by atoms with Gasteiger partial charge in [0.2, 0.25) is 0 Å². The van der Waals surface area contributed by atoms with Crippen molar-refractivity contribution in [1.29, 1.82) is 0 Å². The van der Waals surface area contributed by atoms with Gasteiger partial charge < -0.3 is 9.15 Å². The van der Waals surface area contributed by atoms with E-state index in [0.29, 0.717) is 27.5 Å². The molecule has 3 aromatic rings. The van der Waals surface area contributed by atoms with Gasteiger partial charge in [-0.05, 0) is 18.2 Å². The predicted octanol–water partition coefficient (Wildman–Crippen LogP) is 2.91. The Morgan fingerprint density at radius 1 is 1.33 bits per heavy atom. The molecule has 0 aliphatic carbocycles. The van der Waals surface area contributed by atoms with E-state index in [4.69, 9.17) is 4.42 Å². The number of fused-ring (bicyclic) bond motifs is 3. The summed E-state index contributed by atoms with van der Waals surface area (Å²) in [4.78, 5) is 15.1. The zero-order valence-corrected chi connectivity index (χ0v) is 9.44. The Morgan fingerprint density at radius 2 is 2.17 bits per heavy atom. The number of rotatable bonds is 1. The second-order valence-electron chi connectivity index (χ2n) is 3.80. The molecule has 0 unspecified atom stereocenters. The lowest BCUT2D eigenvalue weighted by Gasteiger charge is -1.97. The quantitative estimate of drug-likeness (QED) is 0.618. The molecule has 0 saturated heterocycles. The number of pyridine rings is 1. The van der Waals surface area contributed by atoms with Crippen molar-refractivity contribution in [3.8, 4) is 0 Å². The Bertz CT molecular complexity index is 763. The van der Waals surface area contributed by atoms with Crippen molar-refractivity contribution in [1.82, 2.24) is 4.98 Å². The first-order valence-electron chi connectivity index (χ1n) is 5.25. The minimum atomic E-state index is -0.462. The maximum atomic E-state index is 13.7. The number of ether oxygens (including phenoxy) is 1. The van der Waals surface area contributed by atoms with E-state index in [9.17, 15) is 9.18 Å². The lowest BCUT2D eigenvalue weighted by Crippen LogP contribution is -2.00. The molecule has 90 valence electrons. The van der Waals surface area contributed by atoms with Crippen molar-refractivity contribution < 1.29 is 18.3 Å². The number of aromatic nitrogens is 1. The van der Waals surface area contributed by atoms with Crippen LogP contribution < -0.4 is 0 Å². The second-order valence-corrected chi connectivity index (χ2v) is 3.80. The number of furan rings is 1. The van der Waals surface area contributed by atoms with E-state index in [-0.39, 0.29) is 0 Å². The number of benzene rings is 1. The highest BCUT2D eigenvalue weighted by molar-refractivity contribution is 6.06. The Labute approximate surface area is 101 Å². The normalized spacial score (nSPS) is 11.0. The van der Waals surface area contributed by atoms with Crippen LogP contribution in [0.15, 0.2) is 35.0 Å². The van der Waals surface area contributed by atoms with Crippen LogP contribution in [0.1, 0.15) is 10.4 Å². The van der Waals surface area contributed by atoms with Gasteiger partial charge in [0.15, 0.2) is 11.4 Å². The molecule has 5 heteroatoms. The number of halogens is 1. The number of carbonyl (C=O) groups is 1. The Hall–Kier alpha value is -2.43. The minimum Gasteiger partial charge on any atom is -0.465 e. The summed E-state index contributed by atoms with van der Waals surface area (Å²) in [6.07, 6.45) is 2.57. The highest BCUT2D eigenvalue weighted by atomic mass is 19.1. The number of hydrogen-bond donors (Lipinski definition) is 0. The molecule has 0 aliphatic heterocycles. The number of methoxy groups -OCH3 is 1. The first-order valence-corrected chi connectivity index (χ1v) is 5.25. The second kappa shape index (κ2) is 3.80. The molecule has 0 fully saturated rings. The fourth-order valence-corrected chi connectivity index (χ4v) is 1.93. The zero-order chi connectivity index (χ0) is 12.7. The number of carbonyl (C=O) groups excluding carboxylic acids is 1. The third kappa shape index (κ3) is 1.44. The summed E-state index contributed by atoms with van der Waals surface area (Å²) in [5.74, 6) is -0.909. The van der Waals surface area contributed by atoms with E-state index >= 15 is 0 Å². The van der Waals surface area contributed by atoms with E-state index in [2.05, 4.69) is 9.72 Å². The lowest BCUT2D eigenvalue weighted by molar-refractivity contribution is 0.0601. The SMILES string of the molecule is COC(=O)c1ccc2c(c1)oc1cncc(F)c12. The van der Waals surface area contributed by atoms with Crippen LogP contribution >= 0.6 is 0 Å². The minimum absolute atomic E-state index is 0.354. The van der Waals surface area contributed by atoms with Crippen LogP contribution in [-0.2, 0) is 4.74 Å². The average Bonchev–Trinajstić information content (AvgIpc) is 2.76. The third-order valence-electron chi connectivity index (χ3n) is 2.76. The zero-order valence-electron chi connectivity index (χ0n) is 9.44. The molecule has 0 aliphatic rings. The Morgan fingerprint density at radius 3 is 2.94 bits per heavy atom. The van der Waals surface area contributed by atoms with Crippen molar-refractivity contribution in [2.24, 2.45) is 0 Å². The lowest BCUT2D eigenvalue weighted by atomic mass is 10.1. The standard InChI is InChI=1S/C13H8FNO3/c1-17-13(16)7-2-3-8-10(4-7)18-11-6-15-5-9(14)12(8)11/h2-6H,1H3. The van der Waals surface area contributed by atoms with Crippen molar-refractivity contribution in [3.05, 3.63) is 42.0 Å². The van der Waals surface area contributed by atoms with Gasteiger partial charge >= 0.3 is 5.97 Å². The van der Waals surface area contributed by atoms with Gasteiger partial charge in [-0.2, -0.15) is 0 Å². The molecule has 18 heavy (non-hydrogen) atoms. The summed E-state index contributed by atoms with van der Waals surface area (Å²) in [6, 6.07) is 4.74. The van der Waals surface area contributed by atoms with Gasteiger partial charge in [0.25, 0.3) is 0 Å². The fourth-order valence-electron chi connectivity index (χ4n) is 1.93. The smallest absolute Gasteiger partial charge is 0.337 e. The van der Waals surface area contributed by atoms with Gasteiger partial charge in [0, 0.05) is 5.39 Å². The molecule has 0 amide bonds. The van der Waals surface area contributed by atoms with Gasteiger partial charge in [-0.3, -0.25) is 4.98 Å². The highest BCUT2D eigenvalue weighted by Crippen LogP contribution is 2.30. The topological polar surface area (TPSA) is 52.3 Å². The van der Waals surface area contributed by atoms with Gasteiger partial charge in [0.05, 0.1) is 30.5 Å². The van der Waals surface area contributed by atoms with Crippen LogP contribution in [0.2, 0.25) is 0 Å². The molecule has 3 rings (SSSR count). The monoisotopic (exact) mass is 245 g/mol. The number of nitrogens with zero attached hydrogens (tertiary/aromatic N) is 1. The van der Waals surface area contributed by atoms with Gasteiger partial charge in [-0.25, -0.2) is 9.18 Å². The van der Waals surface area contributed by atoms with Crippen LogP contribution in [-0.4, -0.2) is 18.1 Å². The summed E-state index contributed by atoms with van der Waals surface area (Å²) in [5.41, 5.74) is 1.14. The van der Waals surface area contributed by atoms with E-state index in [1.807, 2.05) is 0 Å². The molecule has 1 aromatic carbocycles. The number of esters is 1. The Balaban J connectivity index is 2.34. The third-order valence-corrected chi connectivity index (χ3v) is 2.76. The summed E-state index contributed by atoms with van der Waals surface area (Å²) < 4.78 is 23.7. The average molecular weight is 245 g/mol. The van der Waals surface area contributed by atoms with Crippen LogP contribution in [0.4, 0.5) is 4.39 Å². The van der Waals surface area contributed by atoms with E-state index < -0.39 is 11.8 Å². The van der Waals surface area contributed by atoms with Crippen molar-refractivity contribution in [2.75, 3.05) is 7.11 Å². The van der Waals surface area contributed by atoms with Crippen molar-refractivity contribution >= 4 is 27.9 Å². The fraction of sp³-hybridized carbons (Fsp3) is 0.0769. The van der Waals surface area contributed by atoms with Gasteiger partial charge in [0.1, 0.15) is 5.58 Å². The van der Waals surface area contributed by atoms with Crippen LogP contribution in [0, 0.1) is 5.82 Å². The molecule has 2 aromatic heterocycles. The molecular formula is C13H8FNO3. The molecule has 0 bridgehead atoms. The van der Waals surface area contributed by atoms with Crippen molar-refractivity contribution in [2.45, 2.75) is 0 Å². The van der Waals surface area contributed by atoms with Gasteiger partial charge in [-0.1, -0.05) is 0 Å². The van der Waals surface area contributed by atoms with E-state index in [1.165, 1.54) is 19.4 Å². The summed E-state index contributed by atoms with van der Waals surface area (Å²) in [6.45, 7) is 0. The molecule has 4 nitrogen and oxygen atoms in total. The molecule has 0 atom stereocenters. The molecule has 0 spiro atoms. The van der Waals surface area contributed by atoms with Crippen molar-refractivity contribution in [3.63, 3.8) is 0 Å². The molecular weight excluding hydrogens is 237 g/mol. The molecule has 0 N–H and O–H groups in total. The van der Waals surface area contributed by atoms with E-state index in [0.717, 1.165) is 6.20 Å². The van der Waals surface area contributed by atoms with Crippen LogP contribution in [0.3, 0.4) is 0 Å². The van der Waals surface area contributed by atoms with Crippen LogP contribution in [0.25, 0.3) is 21.9 Å². The predicted molar refractivity (Wildman–Crippen MR) is 62.8 cm³/mol. The summed E-state index contributed by atoms with van der Waals surface area (Å²) in [5, 5.41) is 0.981. The first-order chi connectivity index (χ1) is 8.70. The number of hydrogen-bond acceptors (Lipinski definition) is 4. The summed E-state index contributed by atoms with van der Waals surface area (Å²) in [7, 11) is 1.30. The van der Waals surface area contributed by atoms with E-state index in [1.54, 1.807) is 12.1 Å². The highest BCUT2D eigenvalue weighted by Gasteiger charge is 2.14. The Kier molecular flexibility index (Phi) is 2.26. The molecule has 0 saturated carbocycles. The maximum absolute atomic E-state index is 13.7. The molecule has 2 heterocycles. The maximum Gasteiger partial charge on any atom is 0.337 e. The van der Waals surface area contributed by atoms with Gasteiger partial charge in [-0.15, -0.1) is 0 Å². The van der Waals surface area contributed by atoms with Crippen LogP contribution in [0.5, 0.6) is 0 Å². The first kappa shape index (κ1) is 10.7. The summed E-state index contributed by atoms with van der Waals surface area (Å²) >= 11 is 0. The molecule has 0 radical (unpaired) electrons.